The molecule has 1 atom stereocenters. The van der Waals surface area contributed by atoms with Crippen molar-refractivity contribution in [3.8, 4) is 11.3 Å². The SMILES string of the molecule is CSc1c(-c2ccccc2)nc2ccccc2c1C(=O)NC(c1ccccc1)C1CC1. The zero-order valence-corrected chi connectivity index (χ0v) is 18.2. The normalized spacial score (nSPS) is 14.4. The summed E-state index contributed by atoms with van der Waals surface area (Å²) >= 11 is 1.58. The summed E-state index contributed by atoms with van der Waals surface area (Å²) < 4.78 is 0. The molecule has 1 N–H and O–H groups in total. The van der Waals surface area contributed by atoms with Gasteiger partial charge in [-0.15, -0.1) is 11.8 Å². The molecule has 0 saturated heterocycles. The smallest absolute Gasteiger partial charge is 0.253 e. The van der Waals surface area contributed by atoms with E-state index in [2.05, 4.69) is 29.6 Å². The van der Waals surface area contributed by atoms with Crippen molar-refractivity contribution in [3.63, 3.8) is 0 Å². The molecule has 5 rings (SSSR count). The van der Waals surface area contributed by atoms with Gasteiger partial charge in [-0.3, -0.25) is 4.79 Å². The standard InChI is InChI=1S/C27H24N2OS/c1-31-26-23(27(30)29-24(20-16-17-20)18-10-4-2-5-11-18)21-14-8-9-15-22(21)28-25(26)19-12-6-3-7-13-19/h2-15,20,24H,16-17H2,1H3,(H,29,30). The summed E-state index contributed by atoms with van der Waals surface area (Å²) in [5.41, 5.74) is 4.62. The van der Waals surface area contributed by atoms with E-state index in [4.69, 9.17) is 4.98 Å². The number of carbonyl (C=O) groups is 1. The maximum Gasteiger partial charge on any atom is 0.253 e. The van der Waals surface area contributed by atoms with E-state index in [1.807, 2.05) is 66.9 Å². The Labute approximate surface area is 186 Å². The molecule has 1 unspecified atom stereocenters. The maximum atomic E-state index is 13.8. The van der Waals surface area contributed by atoms with Gasteiger partial charge in [-0.25, -0.2) is 4.98 Å². The molecule has 1 saturated carbocycles. The molecule has 4 aromatic rings. The van der Waals surface area contributed by atoms with Gasteiger partial charge in [0.05, 0.1) is 22.8 Å². The Morgan fingerprint density at radius 2 is 1.58 bits per heavy atom. The van der Waals surface area contributed by atoms with Crippen LogP contribution in [0, 0.1) is 5.92 Å². The van der Waals surface area contributed by atoms with Gasteiger partial charge >= 0.3 is 0 Å². The third-order valence-corrected chi connectivity index (χ3v) is 6.67. The third-order valence-electron chi connectivity index (χ3n) is 5.86. The van der Waals surface area contributed by atoms with E-state index in [-0.39, 0.29) is 11.9 Å². The first-order valence-corrected chi connectivity index (χ1v) is 11.9. The zero-order valence-electron chi connectivity index (χ0n) is 17.4. The Kier molecular flexibility index (Phi) is 5.47. The van der Waals surface area contributed by atoms with Crippen LogP contribution in [0.5, 0.6) is 0 Å². The number of thioether (sulfide) groups is 1. The number of hydrogen-bond acceptors (Lipinski definition) is 3. The van der Waals surface area contributed by atoms with Crippen LogP contribution < -0.4 is 5.32 Å². The molecule has 1 amide bonds. The number of para-hydroxylation sites is 1. The van der Waals surface area contributed by atoms with Crippen LogP contribution in [0.4, 0.5) is 0 Å². The number of amides is 1. The second-order valence-corrected chi connectivity index (χ2v) is 8.77. The molecule has 0 radical (unpaired) electrons. The van der Waals surface area contributed by atoms with E-state index < -0.39 is 0 Å². The first-order chi connectivity index (χ1) is 15.3. The highest BCUT2D eigenvalue weighted by Gasteiger charge is 2.34. The molecule has 4 heteroatoms. The lowest BCUT2D eigenvalue weighted by molar-refractivity contribution is 0.0930. The fraction of sp³-hybridized carbons (Fsp3) is 0.185. The first kappa shape index (κ1) is 19.8. The molecule has 1 fully saturated rings. The molecule has 3 nitrogen and oxygen atoms in total. The predicted molar refractivity (Wildman–Crippen MR) is 128 cm³/mol. The summed E-state index contributed by atoms with van der Waals surface area (Å²) in [5.74, 6) is 0.478. The topological polar surface area (TPSA) is 42.0 Å². The summed E-state index contributed by atoms with van der Waals surface area (Å²) in [5, 5.41) is 4.27. The summed E-state index contributed by atoms with van der Waals surface area (Å²) in [6.45, 7) is 0. The molecule has 0 spiro atoms. The van der Waals surface area contributed by atoms with Crippen LogP contribution in [0.25, 0.3) is 22.2 Å². The van der Waals surface area contributed by atoms with Crippen LogP contribution in [0.15, 0.2) is 89.8 Å². The van der Waals surface area contributed by atoms with E-state index in [1.165, 1.54) is 5.56 Å². The summed E-state index contributed by atoms with van der Waals surface area (Å²) in [4.78, 5) is 19.7. The molecular weight excluding hydrogens is 400 g/mol. The highest BCUT2D eigenvalue weighted by atomic mass is 32.2. The molecule has 1 aromatic heterocycles. The second-order valence-electron chi connectivity index (χ2n) is 7.95. The van der Waals surface area contributed by atoms with Gasteiger partial charge in [0, 0.05) is 15.8 Å². The lowest BCUT2D eigenvalue weighted by atomic mass is 10.00. The molecule has 3 aromatic carbocycles. The monoisotopic (exact) mass is 424 g/mol. The van der Waals surface area contributed by atoms with Crippen molar-refractivity contribution in [2.75, 3.05) is 6.26 Å². The van der Waals surface area contributed by atoms with E-state index >= 15 is 0 Å². The van der Waals surface area contributed by atoms with Crippen LogP contribution in [0.1, 0.15) is 34.8 Å². The molecular formula is C27H24N2OS. The van der Waals surface area contributed by atoms with Crippen LogP contribution >= 0.6 is 11.8 Å². The van der Waals surface area contributed by atoms with Gasteiger partial charge in [0.15, 0.2) is 0 Å². The predicted octanol–water partition coefficient (Wildman–Crippen LogP) is 6.50. The quantitative estimate of drug-likeness (QED) is 0.359. The number of nitrogens with zero attached hydrogens (tertiary/aromatic N) is 1. The third kappa shape index (κ3) is 3.96. The Balaban J connectivity index is 1.63. The van der Waals surface area contributed by atoms with Gasteiger partial charge in [0.2, 0.25) is 0 Å². The number of hydrogen-bond donors (Lipinski definition) is 1. The van der Waals surface area contributed by atoms with Gasteiger partial charge in [-0.1, -0.05) is 78.9 Å². The van der Waals surface area contributed by atoms with Crippen molar-refractivity contribution in [2.24, 2.45) is 5.92 Å². The van der Waals surface area contributed by atoms with Gasteiger partial charge in [-0.2, -0.15) is 0 Å². The minimum atomic E-state index is -0.0270. The average molecular weight is 425 g/mol. The minimum absolute atomic E-state index is 0.0270. The molecule has 1 aliphatic rings. The largest absolute Gasteiger partial charge is 0.345 e. The highest BCUT2D eigenvalue weighted by molar-refractivity contribution is 7.98. The number of carbonyl (C=O) groups excluding carboxylic acids is 1. The van der Waals surface area contributed by atoms with Gasteiger partial charge < -0.3 is 5.32 Å². The van der Waals surface area contributed by atoms with Crippen molar-refractivity contribution < 1.29 is 4.79 Å². The zero-order chi connectivity index (χ0) is 21.2. The van der Waals surface area contributed by atoms with Crippen molar-refractivity contribution in [2.45, 2.75) is 23.8 Å². The van der Waals surface area contributed by atoms with E-state index in [9.17, 15) is 4.79 Å². The lowest BCUT2D eigenvalue weighted by Crippen LogP contribution is -2.30. The number of pyridine rings is 1. The van der Waals surface area contributed by atoms with Gasteiger partial charge in [0.25, 0.3) is 5.91 Å². The molecule has 1 heterocycles. The number of nitrogens with one attached hydrogen (secondary N) is 1. The second kappa shape index (κ2) is 8.56. The Morgan fingerprint density at radius 3 is 2.26 bits per heavy atom. The average Bonchev–Trinajstić information content (AvgIpc) is 3.67. The van der Waals surface area contributed by atoms with Crippen molar-refractivity contribution in [1.82, 2.24) is 10.3 Å². The van der Waals surface area contributed by atoms with Gasteiger partial charge in [-0.05, 0) is 36.6 Å². The molecule has 154 valence electrons. The number of benzene rings is 3. The molecule has 1 aliphatic carbocycles. The fourth-order valence-electron chi connectivity index (χ4n) is 4.19. The fourth-order valence-corrected chi connectivity index (χ4v) is 4.95. The number of aromatic nitrogens is 1. The lowest BCUT2D eigenvalue weighted by Gasteiger charge is -2.21. The summed E-state index contributed by atoms with van der Waals surface area (Å²) in [6.07, 6.45) is 4.33. The molecule has 0 aliphatic heterocycles. The van der Waals surface area contributed by atoms with Crippen molar-refractivity contribution in [3.05, 3.63) is 96.1 Å². The maximum absolute atomic E-state index is 13.8. The minimum Gasteiger partial charge on any atom is -0.345 e. The molecule has 31 heavy (non-hydrogen) atoms. The number of rotatable bonds is 6. The van der Waals surface area contributed by atoms with Crippen LogP contribution in [0.3, 0.4) is 0 Å². The van der Waals surface area contributed by atoms with Crippen LogP contribution in [0.2, 0.25) is 0 Å². The van der Waals surface area contributed by atoms with Crippen LogP contribution in [-0.2, 0) is 0 Å². The Hall–Kier alpha value is -3.11. The van der Waals surface area contributed by atoms with E-state index in [0.29, 0.717) is 5.92 Å². The van der Waals surface area contributed by atoms with Crippen molar-refractivity contribution >= 4 is 28.6 Å². The summed E-state index contributed by atoms with van der Waals surface area (Å²) in [7, 11) is 0. The Bertz CT molecular complexity index is 1220. The summed E-state index contributed by atoms with van der Waals surface area (Å²) in [6, 6.07) is 28.4. The van der Waals surface area contributed by atoms with Crippen LogP contribution in [-0.4, -0.2) is 17.1 Å². The van der Waals surface area contributed by atoms with E-state index in [0.717, 1.165) is 45.5 Å². The first-order valence-electron chi connectivity index (χ1n) is 10.6. The van der Waals surface area contributed by atoms with Gasteiger partial charge in [0.1, 0.15) is 0 Å². The van der Waals surface area contributed by atoms with Crippen molar-refractivity contribution in [1.29, 1.82) is 0 Å². The highest BCUT2D eigenvalue weighted by Crippen LogP contribution is 2.42. The van der Waals surface area contributed by atoms with E-state index in [1.54, 1.807) is 11.8 Å². The Morgan fingerprint density at radius 1 is 0.935 bits per heavy atom. The number of fused-ring (bicyclic) bond motifs is 1. The molecule has 0 bridgehead atoms.